The molecule has 1 aromatic carbocycles. The lowest BCUT2D eigenvalue weighted by Gasteiger charge is -2.12. The van der Waals surface area contributed by atoms with Gasteiger partial charge in [-0.05, 0) is 36.6 Å². The summed E-state index contributed by atoms with van der Waals surface area (Å²) >= 11 is 0. The van der Waals surface area contributed by atoms with Crippen molar-refractivity contribution in [3.05, 3.63) is 35.1 Å². The molecule has 1 aromatic rings. The van der Waals surface area contributed by atoms with Gasteiger partial charge in [0.2, 0.25) is 5.91 Å². The quantitative estimate of drug-likeness (QED) is 0.372. The molecule has 0 bridgehead atoms. The Morgan fingerprint density at radius 1 is 1.26 bits per heavy atom. The summed E-state index contributed by atoms with van der Waals surface area (Å²) in [5.74, 6) is 0.196. The highest BCUT2D eigenvalue weighted by Gasteiger charge is 2.04. The molecule has 23 heavy (non-hydrogen) atoms. The molecule has 128 valence electrons. The maximum absolute atomic E-state index is 13.0. The number of nitrogens with one attached hydrogen (secondary N) is 3. The van der Waals surface area contributed by atoms with Crippen molar-refractivity contribution in [2.24, 2.45) is 4.99 Å². The minimum atomic E-state index is -0.226. The van der Waals surface area contributed by atoms with Gasteiger partial charge in [0.25, 0.3) is 0 Å². The van der Waals surface area contributed by atoms with Gasteiger partial charge < -0.3 is 20.7 Å². The maximum atomic E-state index is 13.0. The summed E-state index contributed by atoms with van der Waals surface area (Å²) in [6.07, 6.45) is 0.743. The van der Waals surface area contributed by atoms with Gasteiger partial charge >= 0.3 is 0 Å². The second kappa shape index (κ2) is 10.6. The van der Waals surface area contributed by atoms with Crippen LogP contribution in [0.5, 0.6) is 0 Å². The summed E-state index contributed by atoms with van der Waals surface area (Å²) < 4.78 is 17.9. The van der Waals surface area contributed by atoms with Gasteiger partial charge in [0.15, 0.2) is 5.96 Å². The fraction of sp³-hybridized carbons (Fsp3) is 0.500. The van der Waals surface area contributed by atoms with E-state index in [1.807, 2.05) is 6.92 Å². The van der Waals surface area contributed by atoms with Crippen LogP contribution in [0.2, 0.25) is 0 Å². The van der Waals surface area contributed by atoms with Crippen LogP contribution in [0.1, 0.15) is 11.1 Å². The van der Waals surface area contributed by atoms with Crippen molar-refractivity contribution in [1.29, 1.82) is 0 Å². The highest BCUT2D eigenvalue weighted by atomic mass is 19.1. The predicted octanol–water partition coefficient (Wildman–Crippen LogP) is 0.604. The molecule has 0 spiro atoms. The average molecular weight is 324 g/mol. The van der Waals surface area contributed by atoms with Crippen molar-refractivity contribution in [3.63, 3.8) is 0 Å². The minimum Gasteiger partial charge on any atom is -0.383 e. The van der Waals surface area contributed by atoms with E-state index in [0.717, 1.165) is 17.5 Å². The second-order valence-corrected chi connectivity index (χ2v) is 5.02. The smallest absolute Gasteiger partial charge is 0.239 e. The first-order chi connectivity index (χ1) is 11.1. The van der Waals surface area contributed by atoms with Gasteiger partial charge in [0, 0.05) is 27.2 Å². The molecule has 3 N–H and O–H groups in total. The summed E-state index contributed by atoms with van der Waals surface area (Å²) in [7, 11) is 3.22. The number of ether oxygens (including phenoxy) is 1. The normalized spacial score (nSPS) is 11.2. The van der Waals surface area contributed by atoms with Gasteiger partial charge in [-0.1, -0.05) is 6.07 Å². The Balaban J connectivity index is 2.30. The van der Waals surface area contributed by atoms with E-state index in [0.29, 0.717) is 25.7 Å². The summed E-state index contributed by atoms with van der Waals surface area (Å²) in [4.78, 5) is 15.6. The van der Waals surface area contributed by atoms with Crippen LogP contribution in [0.15, 0.2) is 23.2 Å². The number of methoxy groups -OCH3 is 1. The molecular weight excluding hydrogens is 299 g/mol. The van der Waals surface area contributed by atoms with Gasteiger partial charge in [0.1, 0.15) is 5.82 Å². The van der Waals surface area contributed by atoms with Crippen LogP contribution in [0.4, 0.5) is 4.39 Å². The van der Waals surface area contributed by atoms with E-state index in [4.69, 9.17) is 4.74 Å². The van der Waals surface area contributed by atoms with E-state index < -0.39 is 0 Å². The zero-order chi connectivity index (χ0) is 17.1. The third kappa shape index (κ3) is 7.60. The molecule has 0 unspecified atom stereocenters. The Hall–Kier alpha value is -2.15. The van der Waals surface area contributed by atoms with Crippen LogP contribution >= 0.6 is 0 Å². The number of benzene rings is 1. The number of hydrogen-bond donors (Lipinski definition) is 3. The number of aryl methyl sites for hydroxylation is 1. The summed E-state index contributed by atoms with van der Waals surface area (Å²) in [6, 6.07) is 4.76. The van der Waals surface area contributed by atoms with Gasteiger partial charge in [-0.2, -0.15) is 0 Å². The lowest BCUT2D eigenvalue weighted by atomic mass is 10.1. The Morgan fingerprint density at radius 3 is 2.70 bits per heavy atom. The van der Waals surface area contributed by atoms with Crippen LogP contribution in [0, 0.1) is 12.7 Å². The molecule has 0 aliphatic carbocycles. The van der Waals surface area contributed by atoms with Crippen molar-refractivity contribution in [3.8, 4) is 0 Å². The molecule has 1 rings (SSSR count). The molecule has 0 heterocycles. The first-order valence-corrected chi connectivity index (χ1v) is 7.52. The van der Waals surface area contributed by atoms with Crippen LogP contribution in [0.25, 0.3) is 0 Å². The Labute approximate surface area is 136 Å². The van der Waals surface area contributed by atoms with Crippen molar-refractivity contribution in [2.45, 2.75) is 13.3 Å². The fourth-order valence-corrected chi connectivity index (χ4v) is 1.99. The van der Waals surface area contributed by atoms with E-state index in [1.165, 1.54) is 12.1 Å². The predicted molar refractivity (Wildman–Crippen MR) is 89.1 cm³/mol. The zero-order valence-electron chi connectivity index (χ0n) is 13.9. The van der Waals surface area contributed by atoms with Crippen molar-refractivity contribution >= 4 is 11.9 Å². The molecule has 0 radical (unpaired) electrons. The van der Waals surface area contributed by atoms with Gasteiger partial charge in [-0.25, -0.2) is 4.39 Å². The molecule has 0 saturated carbocycles. The monoisotopic (exact) mass is 324 g/mol. The summed E-state index contributed by atoms with van der Waals surface area (Å²) in [5, 5.41) is 8.77. The average Bonchev–Trinajstić information content (AvgIpc) is 2.52. The Morgan fingerprint density at radius 2 is 2.04 bits per heavy atom. The Bertz CT molecular complexity index is 535. The molecular formula is C16H25FN4O2. The summed E-state index contributed by atoms with van der Waals surface area (Å²) in [5.41, 5.74) is 2.00. The molecule has 1 amide bonds. The maximum Gasteiger partial charge on any atom is 0.239 e. The molecule has 0 aliphatic rings. The number of amides is 1. The lowest BCUT2D eigenvalue weighted by Crippen LogP contribution is -2.44. The molecule has 6 nitrogen and oxygen atoms in total. The van der Waals surface area contributed by atoms with E-state index in [-0.39, 0.29) is 18.3 Å². The second-order valence-electron chi connectivity index (χ2n) is 5.02. The first-order valence-electron chi connectivity index (χ1n) is 7.52. The molecule has 7 heteroatoms. The van der Waals surface area contributed by atoms with Gasteiger partial charge in [-0.3, -0.25) is 9.79 Å². The Kier molecular flexibility index (Phi) is 8.67. The number of halogens is 1. The number of carbonyl (C=O) groups excluding carboxylic acids is 1. The first kappa shape index (κ1) is 18.9. The van der Waals surface area contributed by atoms with E-state index in [2.05, 4.69) is 20.9 Å². The van der Waals surface area contributed by atoms with E-state index in [9.17, 15) is 9.18 Å². The van der Waals surface area contributed by atoms with Crippen molar-refractivity contribution < 1.29 is 13.9 Å². The van der Waals surface area contributed by atoms with Crippen LogP contribution in [0.3, 0.4) is 0 Å². The van der Waals surface area contributed by atoms with Crippen LogP contribution in [-0.2, 0) is 16.0 Å². The SMILES string of the molecule is CN=C(NCCc1ccc(F)cc1C)NCC(=O)NCCOC. The van der Waals surface area contributed by atoms with Crippen LogP contribution in [-0.4, -0.2) is 52.3 Å². The molecule has 0 aliphatic heterocycles. The third-order valence-corrected chi connectivity index (χ3v) is 3.26. The topological polar surface area (TPSA) is 74.8 Å². The van der Waals surface area contributed by atoms with E-state index >= 15 is 0 Å². The zero-order valence-corrected chi connectivity index (χ0v) is 13.9. The van der Waals surface area contributed by atoms with Crippen molar-refractivity contribution in [1.82, 2.24) is 16.0 Å². The molecule has 0 atom stereocenters. The number of hydrogen-bond acceptors (Lipinski definition) is 3. The number of guanidine groups is 1. The number of nitrogens with zero attached hydrogens (tertiary/aromatic N) is 1. The summed E-state index contributed by atoms with van der Waals surface area (Å²) in [6.45, 7) is 3.62. The van der Waals surface area contributed by atoms with Crippen molar-refractivity contribution in [2.75, 3.05) is 40.4 Å². The largest absolute Gasteiger partial charge is 0.383 e. The number of aliphatic imine (C=N–C) groups is 1. The number of rotatable bonds is 8. The van der Waals surface area contributed by atoms with E-state index in [1.54, 1.807) is 20.2 Å². The molecule has 0 fully saturated rings. The fourth-order valence-electron chi connectivity index (χ4n) is 1.99. The number of carbonyl (C=O) groups is 1. The molecule has 0 saturated heterocycles. The standard InChI is InChI=1S/C16H25FN4O2/c1-12-10-14(17)5-4-13(12)6-7-20-16(18-2)21-11-15(22)19-8-9-23-3/h4-5,10H,6-9,11H2,1-3H3,(H,19,22)(H2,18,20,21). The molecule has 0 aromatic heterocycles. The highest BCUT2D eigenvalue weighted by molar-refractivity contribution is 5.86. The van der Waals surface area contributed by atoms with Gasteiger partial charge in [-0.15, -0.1) is 0 Å². The lowest BCUT2D eigenvalue weighted by molar-refractivity contribution is -0.120. The van der Waals surface area contributed by atoms with Gasteiger partial charge in [0.05, 0.1) is 13.2 Å². The minimum absolute atomic E-state index is 0.126. The van der Waals surface area contributed by atoms with Crippen LogP contribution < -0.4 is 16.0 Å². The highest BCUT2D eigenvalue weighted by Crippen LogP contribution is 2.10. The third-order valence-electron chi connectivity index (χ3n) is 3.26.